The molecule has 414 valence electrons. The molecule has 2 saturated carbocycles. The Morgan fingerprint density at radius 1 is 0.824 bits per heavy atom. The Bertz CT molecular complexity index is 2460. The van der Waals surface area contributed by atoms with Crippen LogP contribution in [0.15, 0.2) is 24.3 Å². The topological polar surface area (TPSA) is 174 Å². The average molecular weight is 1110 g/mol. The Morgan fingerprint density at radius 3 is 2.19 bits per heavy atom. The first-order chi connectivity index (χ1) is 35.0. The van der Waals surface area contributed by atoms with Crippen LogP contribution in [0.25, 0.3) is 0 Å². The standard InChI is InChI=1S/C55H81F2N2O11PS3/c1-8-9-10-11-14-42(60)18-19-55(3,4)73-72-26-12-15-52(61)58(5)20-13-21-59(6)71(64,25-23-70-50-29-38-17-16-37-28-40(56)32-44(37)53(62)45(38)35-49(50)68-7)24-22-69-48-30-39-31-51(74(65,66)67)46-33-41(57)34-47(46)54(63)43(39)27-36(48)2/h27,29-30,35,37,40-41,44,46-47,51H,8-26,28,31-34H2,1-7H3,(H,65,66,67)/t37-,40+,41+,44?,46-,47?,51?,71?/m1/s1. The van der Waals surface area contributed by atoms with Crippen LogP contribution >= 0.6 is 28.9 Å². The second-order valence-corrected chi connectivity index (χ2v) is 29.9. The van der Waals surface area contributed by atoms with Crippen molar-refractivity contribution >= 4 is 62.3 Å². The second-order valence-electron chi connectivity index (χ2n) is 21.9. The normalized spacial score (nSPS) is 23.5. The number of ether oxygens (including phenoxy) is 3. The van der Waals surface area contributed by atoms with E-state index in [1.165, 1.54) is 13.5 Å². The SMILES string of the molecule is CCCCCCC(=O)CCC(C)(C)SSCCCC(=O)N(C)CCCN(C)P(=O)(CCOc1cc2c(cc1C)C(=O)C1C[C@@H](F)C[C@H]1C(S(=O)(=O)O)C2)CCOc1cc2c(cc1OC)C(=O)C1C[C@@H](F)C[C@H]1CC2. The van der Waals surface area contributed by atoms with Gasteiger partial charge in [-0.15, -0.1) is 0 Å². The molecular formula is C55H81F2N2O11PS3. The first-order valence-electron chi connectivity index (χ1n) is 26.8. The maximum atomic E-state index is 15.2. The van der Waals surface area contributed by atoms with E-state index in [1.54, 1.807) is 65.7 Å². The Hall–Kier alpha value is -3.02. The predicted octanol–water partition coefficient (Wildman–Crippen LogP) is 11.6. The molecule has 1 amide bonds. The van der Waals surface area contributed by atoms with E-state index < -0.39 is 46.8 Å². The molecule has 13 nitrogen and oxygen atoms in total. The molecule has 0 spiro atoms. The van der Waals surface area contributed by atoms with Crippen LogP contribution in [-0.4, -0.2) is 134 Å². The highest BCUT2D eigenvalue weighted by Crippen LogP contribution is 2.50. The van der Waals surface area contributed by atoms with Gasteiger partial charge in [0.2, 0.25) is 5.91 Å². The third kappa shape index (κ3) is 16.0. The van der Waals surface area contributed by atoms with Gasteiger partial charge in [0.05, 0.1) is 25.6 Å². The van der Waals surface area contributed by atoms with Crippen molar-refractivity contribution in [1.82, 2.24) is 9.57 Å². The molecule has 0 heterocycles. The van der Waals surface area contributed by atoms with Gasteiger partial charge in [-0.1, -0.05) is 47.8 Å². The third-order valence-electron chi connectivity index (χ3n) is 15.9. The summed E-state index contributed by atoms with van der Waals surface area (Å²) in [7, 11) is 0.636. The number of alkyl halides is 2. The lowest BCUT2D eigenvalue weighted by atomic mass is 9.88. The minimum Gasteiger partial charge on any atom is -0.493 e. The molecule has 8 atom stereocenters. The molecular weight excluding hydrogens is 1030 g/mol. The van der Waals surface area contributed by atoms with Crippen LogP contribution in [0.3, 0.4) is 0 Å². The molecule has 0 aromatic heterocycles. The smallest absolute Gasteiger partial charge is 0.268 e. The monoisotopic (exact) mass is 1110 g/mol. The highest BCUT2D eigenvalue weighted by atomic mass is 33.1. The minimum absolute atomic E-state index is 0.0106. The van der Waals surface area contributed by atoms with Gasteiger partial charge in [-0.2, -0.15) is 8.42 Å². The molecule has 0 bridgehead atoms. The lowest BCUT2D eigenvalue weighted by Gasteiger charge is -2.29. The van der Waals surface area contributed by atoms with E-state index in [2.05, 4.69) is 20.8 Å². The van der Waals surface area contributed by atoms with Crippen molar-refractivity contribution in [3.8, 4) is 17.2 Å². The summed E-state index contributed by atoms with van der Waals surface area (Å²) >= 11 is 0. The minimum atomic E-state index is -4.63. The van der Waals surface area contributed by atoms with Crippen molar-refractivity contribution in [2.24, 2.45) is 23.7 Å². The van der Waals surface area contributed by atoms with Gasteiger partial charge >= 0.3 is 0 Å². The zero-order valence-electron chi connectivity index (χ0n) is 44.7. The van der Waals surface area contributed by atoms with E-state index in [9.17, 15) is 40.9 Å². The Balaban J connectivity index is 1.07. The van der Waals surface area contributed by atoms with Crippen LogP contribution in [0.2, 0.25) is 0 Å². The molecule has 4 aliphatic carbocycles. The van der Waals surface area contributed by atoms with Crippen molar-refractivity contribution in [1.29, 1.82) is 0 Å². The van der Waals surface area contributed by atoms with Gasteiger partial charge in [0.15, 0.2) is 30.4 Å². The number of ketones is 3. The summed E-state index contributed by atoms with van der Waals surface area (Å²) in [6.07, 6.45) is 7.51. The Labute approximate surface area is 447 Å². The number of amides is 1. The number of fused-ring (bicyclic) bond motifs is 4. The van der Waals surface area contributed by atoms with E-state index in [0.29, 0.717) is 97.8 Å². The fraction of sp³-hybridized carbons (Fsp3) is 0.709. The van der Waals surface area contributed by atoms with Crippen molar-refractivity contribution in [2.45, 2.75) is 159 Å². The summed E-state index contributed by atoms with van der Waals surface area (Å²) in [6, 6.07) is 6.73. The van der Waals surface area contributed by atoms with Crippen molar-refractivity contribution in [3.63, 3.8) is 0 Å². The first kappa shape index (κ1) is 60.2. The summed E-state index contributed by atoms with van der Waals surface area (Å²) in [5.74, 6) is -0.206. The molecule has 2 aromatic carbocycles. The van der Waals surface area contributed by atoms with Gasteiger partial charge in [-0.05, 0) is 151 Å². The van der Waals surface area contributed by atoms with E-state index in [0.717, 1.165) is 43.4 Å². The van der Waals surface area contributed by atoms with Crippen molar-refractivity contribution in [2.75, 3.05) is 65.6 Å². The Morgan fingerprint density at radius 2 is 1.49 bits per heavy atom. The van der Waals surface area contributed by atoms with E-state index in [1.807, 2.05) is 10.7 Å². The number of nitrogens with zero attached hydrogens (tertiary/aromatic N) is 2. The van der Waals surface area contributed by atoms with Crippen LogP contribution in [0.5, 0.6) is 17.2 Å². The lowest BCUT2D eigenvalue weighted by Crippen LogP contribution is -2.34. The number of unbranched alkanes of at least 4 members (excludes halogenated alkanes) is 3. The maximum absolute atomic E-state index is 15.2. The number of carbonyl (C=O) groups is 4. The summed E-state index contributed by atoms with van der Waals surface area (Å²) in [5, 5.41) is -1.35. The molecule has 2 aromatic rings. The van der Waals surface area contributed by atoms with Gasteiger partial charge < -0.3 is 23.7 Å². The number of Topliss-reactive ketones (excluding diaryl/α,β-unsaturated/α-hetero) is 3. The summed E-state index contributed by atoms with van der Waals surface area (Å²) < 4.78 is 99.8. The van der Waals surface area contributed by atoms with Gasteiger partial charge in [0.25, 0.3) is 10.1 Å². The maximum Gasteiger partial charge on any atom is 0.268 e. The zero-order chi connectivity index (χ0) is 54.0. The third-order valence-corrected chi connectivity index (χ3v) is 23.8. The molecule has 4 unspecified atom stereocenters. The molecule has 0 aliphatic heterocycles. The van der Waals surface area contributed by atoms with Gasteiger partial charge in [0, 0.05) is 85.2 Å². The van der Waals surface area contributed by atoms with Crippen molar-refractivity contribution in [3.05, 3.63) is 52.1 Å². The number of rotatable bonds is 29. The van der Waals surface area contributed by atoms with Gasteiger partial charge in [-0.3, -0.25) is 28.4 Å². The largest absolute Gasteiger partial charge is 0.493 e. The lowest BCUT2D eigenvalue weighted by molar-refractivity contribution is -0.130. The van der Waals surface area contributed by atoms with E-state index in [-0.39, 0.29) is 90.8 Å². The molecule has 74 heavy (non-hydrogen) atoms. The van der Waals surface area contributed by atoms with Crippen LogP contribution in [0.1, 0.15) is 154 Å². The quantitative estimate of drug-likeness (QED) is 0.0353. The molecule has 0 saturated heterocycles. The second kappa shape index (κ2) is 27.0. The zero-order valence-corrected chi connectivity index (χ0v) is 48.0. The first-order valence-corrected chi connectivity index (χ1v) is 32.7. The summed E-state index contributed by atoms with van der Waals surface area (Å²) in [4.78, 5) is 54.7. The van der Waals surface area contributed by atoms with Crippen molar-refractivity contribution < 1.29 is 59.7 Å². The number of methoxy groups -OCH3 is 1. The Kier molecular flexibility index (Phi) is 22.0. The highest BCUT2D eigenvalue weighted by molar-refractivity contribution is 8.77. The molecule has 4 aliphatic rings. The summed E-state index contributed by atoms with van der Waals surface area (Å²) in [5.41, 5.74) is 2.60. The number of aryl methyl sites for hydroxylation is 2. The fourth-order valence-corrected chi connectivity index (χ4v) is 17.3. The average Bonchev–Trinajstić information content (AvgIpc) is 3.87. The van der Waals surface area contributed by atoms with E-state index >= 15 is 4.57 Å². The van der Waals surface area contributed by atoms with E-state index in [4.69, 9.17) is 14.2 Å². The highest BCUT2D eigenvalue weighted by Gasteiger charge is 2.50. The molecule has 2 fully saturated rings. The molecule has 0 radical (unpaired) electrons. The van der Waals surface area contributed by atoms with Gasteiger partial charge in [0.1, 0.15) is 23.9 Å². The fourth-order valence-electron chi connectivity index (χ4n) is 11.4. The number of hydrogen-bond acceptors (Lipinski definition) is 12. The number of carbonyl (C=O) groups excluding carboxylic acids is 4. The van der Waals surface area contributed by atoms with Gasteiger partial charge in [-0.25, -0.2) is 8.78 Å². The molecule has 19 heteroatoms. The van der Waals surface area contributed by atoms with Crippen LogP contribution in [-0.2, 0) is 37.1 Å². The predicted molar refractivity (Wildman–Crippen MR) is 292 cm³/mol. The van der Waals surface area contributed by atoms with Crippen LogP contribution in [0.4, 0.5) is 8.78 Å². The number of hydrogen-bond donors (Lipinski definition) is 1. The van der Waals surface area contributed by atoms with Crippen LogP contribution < -0.4 is 14.2 Å². The number of benzene rings is 2. The summed E-state index contributed by atoms with van der Waals surface area (Å²) in [6.45, 7) is 9.10. The molecule has 1 N–H and O–H groups in total. The number of halogens is 2. The van der Waals surface area contributed by atoms with Crippen LogP contribution in [0, 0.1) is 30.6 Å². The molecule has 6 rings (SSSR count).